The molecule has 0 unspecified atom stereocenters. The number of rotatable bonds is 4. The molecular formula is C17H16Cl3NOS. The minimum atomic E-state index is -0.275. The standard InChI is InChI=1S/C17H16Cl3NOS/c1-9-4-5-12(6-10(9)2)23-11(3)17(22)21-16-8-14(19)13(18)7-15(16)20/h4-8,11H,1-3H3,(H,21,22)/t11-/m0/s1. The zero-order valence-corrected chi connectivity index (χ0v) is 16.0. The molecule has 1 N–H and O–H groups in total. The summed E-state index contributed by atoms with van der Waals surface area (Å²) < 4.78 is 0. The predicted molar refractivity (Wildman–Crippen MR) is 101 cm³/mol. The van der Waals surface area contributed by atoms with E-state index in [1.54, 1.807) is 6.07 Å². The summed E-state index contributed by atoms with van der Waals surface area (Å²) in [6.45, 7) is 5.96. The molecular weight excluding hydrogens is 373 g/mol. The zero-order valence-electron chi connectivity index (χ0n) is 12.9. The largest absolute Gasteiger partial charge is 0.324 e. The molecule has 1 amide bonds. The number of nitrogens with one attached hydrogen (secondary N) is 1. The van der Waals surface area contributed by atoms with Crippen LogP contribution in [0.4, 0.5) is 5.69 Å². The minimum Gasteiger partial charge on any atom is -0.324 e. The molecule has 0 heterocycles. The summed E-state index contributed by atoms with van der Waals surface area (Å²) in [5.74, 6) is -0.145. The van der Waals surface area contributed by atoms with Gasteiger partial charge in [-0.05, 0) is 56.2 Å². The van der Waals surface area contributed by atoms with Crippen LogP contribution in [0, 0.1) is 13.8 Å². The quantitative estimate of drug-likeness (QED) is 0.486. The molecule has 0 saturated carbocycles. The van der Waals surface area contributed by atoms with Crippen LogP contribution in [0.1, 0.15) is 18.1 Å². The van der Waals surface area contributed by atoms with Gasteiger partial charge in [0.25, 0.3) is 0 Å². The summed E-state index contributed by atoms with van der Waals surface area (Å²) >= 11 is 19.4. The van der Waals surface area contributed by atoms with Crippen LogP contribution >= 0.6 is 46.6 Å². The van der Waals surface area contributed by atoms with Crippen LogP contribution in [0.3, 0.4) is 0 Å². The lowest BCUT2D eigenvalue weighted by Crippen LogP contribution is -2.22. The molecule has 2 aromatic carbocycles. The summed E-state index contributed by atoms with van der Waals surface area (Å²) in [5, 5.41) is 3.57. The molecule has 2 rings (SSSR count). The predicted octanol–water partition coefficient (Wildman–Crippen LogP) is 6.38. The first-order valence-electron chi connectivity index (χ1n) is 6.97. The van der Waals surface area contributed by atoms with Crippen LogP contribution in [0.15, 0.2) is 35.2 Å². The molecule has 2 nitrogen and oxygen atoms in total. The van der Waals surface area contributed by atoms with Crippen LogP contribution in [-0.2, 0) is 4.79 Å². The van der Waals surface area contributed by atoms with Gasteiger partial charge < -0.3 is 5.32 Å². The van der Waals surface area contributed by atoms with Gasteiger partial charge in [0, 0.05) is 4.90 Å². The molecule has 122 valence electrons. The van der Waals surface area contributed by atoms with Crippen molar-refractivity contribution in [1.29, 1.82) is 0 Å². The number of hydrogen-bond donors (Lipinski definition) is 1. The Morgan fingerprint density at radius 1 is 1.00 bits per heavy atom. The van der Waals surface area contributed by atoms with Crippen LogP contribution < -0.4 is 5.32 Å². The van der Waals surface area contributed by atoms with Gasteiger partial charge >= 0.3 is 0 Å². The van der Waals surface area contributed by atoms with Crippen LogP contribution in [-0.4, -0.2) is 11.2 Å². The lowest BCUT2D eigenvalue weighted by molar-refractivity contribution is -0.115. The third-order valence-corrected chi connectivity index (χ3v) is 5.56. The number of aryl methyl sites for hydroxylation is 2. The normalized spacial score (nSPS) is 12.1. The van der Waals surface area contributed by atoms with Gasteiger partial charge in [-0.3, -0.25) is 4.79 Å². The van der Waals surface area contributed by atoms with Crippen molar-refractivity contribution >= 4 is 58.2 Å². The monoisotopic (exact) mass is 387 g/mol. The van der Waals surface area contributed by atoms with Crippen molar-refractivity contribution in [1.82, 2.24) is 0 Å². The number of anilines is 1. The molecule has 0 aliphatic rings. The maximum atomic E-state index is 12.4. The summed E-state index contributed by atoms with van der Waals surface area (Å²) in [6, 6.07) is 9.22. The number of hydrogen-bond acceptors (Lipinski definition) is 2. The Morgan fingerprint density at radius 2 is 1.65 bits per heavy atom. The SMILES string of the molecule is Cc1ccc(S[C@@H](C)C(=O)Nc2cc(Cl)c(Cl)cc2Cl)cc1C. The van der Waals surface area contributed by atoms with Crippen molar-refractivity contribution in [3.63, 3.8) is 0 Å². The number of carbonyl (C=O) groups excluding carboxylic acids is 1. The highest BCUT2D eigenvalue weighted by molar-refractivity contribution is 8.00. The van der Waals surface area contributed by atoms with Gasteiger partial charge in [-0.15, -0.1) is 11.8 Å². The molecule has 1 atom stereocenters. The van der Waals surface area contributed by atoms with Gasteiger partial charge in [0.2, 0.25) is 5.91 Å². The van der Waals surface area contributed by atoms with E-state index in [0.29, 0.717) is 20.8 Å². The van der Waals surface area contributed by atoms with E-state index in [4.69, 9.17) is 34.8 Å². The van der Waals surface area contributed by atoms with Gasteiger partial charge in [-0.1, -0.05) is 40.9 Å². The number of carbonyl (C=O) groups is 1. The zero-order chi connectivity index (χ0) is 17.1. The van der Waals surface area contributed by atoms with Crippen molar-refractivity contribution < 1.29 is 4.79 Å². The van der Waals surface area contributed by atoms with Crippen molar-refractivity contribution in [2.45, 2.75) is 30.9 Å². The average molecular weight is 389 g/mol. The molecule has 0 fully saturated rings. The molecule has 23 heavy (non-hydrogen) atoms. The Balaban J connectivity index is 2.08. The third kappa shape index (κ3) is 4.80. The second kappa shape index (κ2) is 7.80. The van der Waals surface area contributed by atoms with Gasteiger partial charge in [0.1, 0.15) is 0 Å². The van der Waals surface area contributed by atoms with Gasteiger partial charge in [0.15, 0.2) is 0 Å². The Hall–Kier alpha value is -0.870. The van der Waals surface area contributed by atoms with E-state index in [2.05, 4.69) is 31.3 Å². The average Bonchev–Trinajstić information content (AvgIpc) is 2.48. The first-order chi connectivity index (χ1) is 10.8. The molecule has 6 heteroatoms. The maximum Gasteiger partial charge on any atom is 0.237 e. The number of benzene rings is 2. The van der Waals surface area contributed by atoms with Crippen LogP contribution in [0.5, 0.6) is 0 Å². The summed E-state index contributed by atoms with van der Waals surface area (Å²) in [5.41, 5.74) is 2.89. The topological polar surface area (TPSA) is 29.1 Å². The van der Waals surface area contributed by atoms with Gasteiger partial charge in [0.05, 0.1) is 26.0 Å². The first kappa shape index (κ1) is 18.5. The van der Waals surface area contributed by atoms with E-state index in [1.807, 2.05) is 13.0 Å². The van der Waals surface area contributed by atoms with E-state index in [9.17, 15) is 4.79 Å². The van der Waals surface area contributed by atoms with E-state index in [1.165, 1.54) is 29.0 Å². The van der Waals surface area contributed by atoms with Gasteiger partial charge in [-0.2, -0.15) is 0 Å². The fourth-order valence-electron chi connectivity index (χ4n) is 1.90. The van der Waals surface area contributed by atoms with Crippen LogP contribution in [0.2, 0.25) is 15.1 Å². The maximum absolute atomic E-state index is 12.4. The van der Waals surface area contributed by atoms with Gasteiger partial charge in [-0.25, -0.2) is 0 Å². The lowest BCUT2D eigenvalue weighted by Gasteiger charge is -2.14. The summed E-state index contributed by atoms with van der Waals surface area (Å²) in [7, 11) is 0. The Labute approximate surface area is 155 Å². The molecule has 0 aliphatic carbocycles. The highest BCUT2D eigenvalue weighted by Crippen LogP contribution is 2.33. The highest BCUT2D eigenvalue weighted by Gasteiger charge is 2.17. The fourth-order valence-corrected chi connectivity index (χ4v) is 3.46. The summed E-state index contributed by atoms with van der Waals surface area (Å²) in [6.07, 6.45) is 0. The number of halogens is 3. The molecule has 0 aliphatic heterocycles. The minimum absolute atomic E-state index is 0.145. The molecule has 0 spiro atoms. The second-order valence-electron chi connectivity index (χ2n) is 5.24. The van der Waals surface area contributed by atoms with E-state index >= 15 is 0 Å². The Bertz CT molecular complexity index is 749. The number of amides is 1. The third-order valence-electron chi connectivity index (χ3n) is 3.43. The Kier molecular flexibility index (Phi) is 6.26. The first-order valence-corrected chi connectivity index (χ1v) is 8.98. The fraction of sp³-hybridized carbons (Fsp3) is 0.235. The highest BCUT2D eigenvalue weighted by atomic mass is 35.5. The molecule has 0 aromatic heterocycles. The van der Waals surface area contributed by atoms with Crippen molar-refractivity contribution in [3.05, 3.63) is 56.5 Å². The summed E-state index contributed by atoms with van der Waals surface area (Å²) in [4.78, 5) is 13.4. The van der Waals surface area contributed by atoms with Crippen molar-refractivity contribution in [2.24, 2.45) is 0 Å². The van der Waals surface area contributed by atoms with E-state index in [-0.39, 0.29) is 11.2 Å². The van der Waals surface area contributed by atoms with E-state index in [0.717, 1.165) is 4.90 Å². The molecule has 0 radical (unpaired) electrons. The second-order valence-corrected chi connectivity index (χ2v) is 7.88. The molecule has 2 aromatic rings. The smallest absolute Gasteiger partial charge is 0.237 e. The molecule has 0 bridgehead atoms. The van der Waals surface area contributed by atoms with Crippen molar-refractivity contribution in [3.8, 4) is 0 Å². The lowest BCUT2D eigenvalue weighted by atomic mass is 10.1. The van der Waals surface area contributed by atoms with E-state index < -0.39 is 0 Å². The Morgan fingerprint density at radius 3 is 2.30 bits per heavy atom. The molecule has 0 saturated heterocycles. The van der Waals surface area contributed by atoms with Crippen LogP contribution in [0.25, 0.3) is 0 Å². The van der Waals surface area contributed by atoms with Crippen molar-refractivity contribution in [2.75, 3.05) is 5.32 Å². The number of thioether (sulfide) groups is 1.